The van der Waals surface area contributed by atoms with Crippen LogP contribution in [0.25, 0.3) is 5.70 Å². The lowest BCUT2D eigenvalue weighted by Crippen LogP contribution is -1.86. The zero-order chi connectivity index (χ0) is 6.69. The van der Waals surface area contributed by atoms with E-state index < -0.39 is 0 Å². The van der Waals surface area contributed by atoms with Gasteiger partial charge in [-0.25, -0.2) is 4.98 Å². The van der Waals surface area contributed by atoms with Crippen molar-refractivity contribution in [3.63, 3.8) is 0 Å². The summed E-state index contributed by atoms with van der Waals surface area (Å²) in [5.41, 5.74) is 0.382. The molecule has 0 aliphatic heterocycles. The zero-order valence-corrected chi connectivity index (χ0v) is 4.78. The van der Waals surface area contributed by atoms with Crippen LogP contribution in [0.1, 0.15) is 0 Å². The Hall–Kier alpha value is -1.56. The van der Waals surface area contributed by atoms with Crippen LogP contribution in [0.5, 0.6) is 0 Å². The Kier molecular flexibility index (Phi) is 1.32. The van der Waals surface area contributed by atoms with E-state index in [4.69, 9.17) is 5.26 Å². The van der Waals surface area contributed by atoms with Crippen LogP contribution in [0, 0.1) is 11.3 Å². The van der Waals surface area contributed by atoms with Gasteiger partial charge in [0.05, 0.1) is 6.33 Å². The van der Waals surface area contributed by atoms with E-state index in [2.05, 4.69) is 11.6 Å². The number of hydrogen-bond acceptors (Lipinski definition) is 2. The van der Waals surface area contributed by atoms with Gasteiger partial charge in [0.2, 0.25) is 0 Å². The van der Waals surface area contributed by atoms with Gasteiger partial charge in [-0.05, 0) is 0 Å². The molecular formula is C6H5N3. The molecule has 1 rings (SSSR count). The molecule has 3 heteroatoms. The van der Waals surface area contributed by atoms with E-state index in [-0.39, 0.29) is 0 Å². The van der Waals surface area contributed by atoms with E-state index in [1.54, 1.807) is 17.0 Å². The topological polar surface area (TPSA) is 41.6 Å². The summed E-state index contributed by atoms with van der Waals surface area (Å²) in [6, 6.07) is 1.90. The zero-order valence-electron chi connectivity index (χ0n) is 4.78. The molecule has 0 fully saturated rings. The molecule has 0 atom stereocenters. The molecule has 0 bridgehead atoms. The first-order chi connectivity index (χ1) is 4.34. The van der Waals surface area contributed by atoms with Crippen molar-refractivity contribution < 1.29 is 0 Å². The molecule has 9 heavy (non-hydrogen) atoms. The highest BCUT2D eigenvalue weighted by Crippen LogP contribution is 1.95. The highest BCUT2D eigenvalue weighted by atomic mass is 15.0. The highest BCUT2D eigenvalue weighted by molar-refractivity contribution is 5.56. The quantitative estimate of drug-likeness (QED) is 0.515. The van der Waals surface area contributed by atoms with Gasteiger partial charge in [0.1, 0.15) is 11.8 Å². The molecular weight excluding hydrogens is 114 g/mol. The van der Waals surface area contributed by atoms with Gasteiger partial charge in [0, 0.05) is 12.4 Å². The van der Waals surface area contributed by atoms with Crippen LogP contribution in [0.2, 0.25) is 0 Å². The molecule has 0 saturated carbocycles. The van der Waals surface area contributed by atoms with Gasteiger partial charge in [-0.2, -0.15) is 5.26 Å². The Bertz CT molecular complexity index is 240. The van der Waals surface area contributed by atoms with Crippen LogP contribution in [-0.4, -0.2) is 9.55 Å². The predicted octanol–water partition coefficient (Wildman–Crippen LogP) is 0.877. The fourth-order valence-corrected chi connectivity index (χ4v) is 0.477. The number of allylic oxidation sites excluding steroid dienone is 1. The van der Waals surface area contributed by atoms with E-state index >= 15 is 0 Å². The number of nitrogens with zero attached hydrogens (tertiary/aromatic N) is 3. The molecule has 0 spiro atoms. The first kappa shape index (κ1) is 5.57. The summed E-state index contributed by atoms with van der Waals surface area (Å²) in [5, 5.41) is 8.31. The first-order valence-electron chi connectivity index (χ1n) is 2.42. The van der Waals surface area contributed by atoms with E-state index in [1.165, 1.54) is 6.33 Å². The van der Waals surface area contributed by atoms with Crippen LogP contribution in [0.15, 0.2) is 25.3 Å². The third-order valence-electron chi connectivity index (χ3n) is 0.945. The molecule has 0 aliphatic rings. The number of rotatable bonds is 1. The maximum Gasteiger partial charge on any atom is 0.118 e. The van der Waals surface area contributed by atoms with Gasteiger partial charge in [0.15, 0.2) is 0 Å². The average Bonchev–Trinajstić information content (AvgIpc) is 2.37. The maximum atomic E-state index is 8.31. The third kappa shape index (κ3) is 0.970. The second-order valence-electron chi connectivity index (χ2n) is 1.53. The van der Waals surface area contributed by atoms with Gasteiger partial charge in [-0.3, -0.25) is 4.57 Å². The van der Waals surface area contributed by atoms with Crippen molar-refractivity contribution in [3.8, 4) is 6.07 Å². The first-order valence-corrected chi connectivity index (χ1v) is 2.42. The van der Waals surface area contributed by atoms with Crippen molar-refractivity contribution in [2.75, 3.05) is 0 Å². The van der Waals surface area contributed by atoms with Crippen molar-refractivity contribution in [1.29, 1.82) is 5.26 Å². The summed E-state index contributed by atoms with van der Waals surface area (Å²) in [7, 11) is 0. The fraction of sp³-hybridized carbons (Fsp3) is 0. The van der Waals surface area contributed by atoms with Crippen molar-refractivity contribution in [2.24, 2.45) is 0 Å². The summed E-state index contributed by atoms with van der Waals surface area (Å²) < 4.78 is 1.56. The van der Waals surface area contributed by atoms with Crippen molar-refractivity contribution in [3.05, 3.63) is 25.3 Å². The normalized spacial score (nSPS) is 8.33. The number of hydrogen-bond donors (Lipinski definition) is 0. The lowest BCUT2D eigenvalue weighted by atomic mass is 10.5. The minimum absolute atomic E-state index is 0.382. The minimum atomic E-state index is 0.382. The maximum absolute atomic E-state index is 8.31. The number of aromatic nitrogens is 2. The number of imidazole rings is 1. The molecule has 0 aromatic carbocycles. The fourth-order valence-electron chi connectivity index (χ4n) is 0.477. The van der Waals surface area contributed by atoms with E-state index in [9.17, 15) is 0 Å². The van der Waals surface area contributed by atoms with Gasteiger partial charge in [-0.15, -0.1) is 0 Å². The van der Waals surface area contributed by atoms with Crippen LogP contribution in [0.4, 0.5) is 0 Å². The summed E-state index contributed by atoms with van der Waals surface area (Å²) in [6.07, 6.45) is 4.81. The van der Waals surface area contributed by atoms with Crippen LogP contribution in [-0.2, 0) is 0 Å². The van der Waals surface area contributed by atoms with Gasteiger partial charge in [-0.1, -0.05) is 6.58 Å². The Labute approximate surface area is 52.9 Å². The van der Waals surface area contributed by atoms with Gasteiger partial charge >= 0.3 is 0 Å². The Morgan fingerprint density at radius 1 is 1.78 bits per heavy atom. The van der Waals surface area contributed by atoms with E-state index in [0.29, 0.717) is 5.70 Å². The second-order valence-corrected chi connectivity index (χ2v) is 1.53. The molecule has 1 heterocycles. The third-order valence-corrected chi connectivity index (χ3v) is 0.945. The van der Waals surface area contributed by atoms with Crippen LogP contribution >= 0.6 is 0 Å². The highest BCUT2D eigenvalue weighted by Gasteiger charge is 1.89. The molecule has 0 saturated heterocycles. The Morgan fingerprint density at radius 2 is 2.56 bits per heavy atom. The van der Waals surface area contributed by atoms with Crippen molar-refractivity contribution in [2.45, 2.75) is 0 Å². The smallest absolute Gasteiger partial charge is 0.118 e. The van der Waals surface area contributed by atoms with Crippen LogP contribution in [0.3, 0.4) is 0 Å². The molecule has 0 unspecified atom stereocenters. The van der Waals surface area contributed by atoms with Crippen molar-refractivity contribution in [1.82, 2.24) is 9.55 Å². The minimum Gasteiger partial charge on any atom is -0.298 e. The van der Waals surface area contributed by atoms with E-state index in [0.717, 1.165) is 0 Å². The lowest BCUT2D eigenvalue weighted by Gasteiger charge is -1.90. The summed E-state index contributed by atoms with van der Waals surface area (Å²) in [6.45, 7) is 3.48. The monoisotopic (exact) mass is 119 g/mol. The SMILES string of the molecule is C=C(C#N)n1ccnc1. The predicted molar refractivity (Wildman–Crippen MR) is 33.2 cm³/mol. The largest absolute Gasteiger partial charge is 0.298 e. The molecule has 1 aromatic heterocycles. The Balaban J connectivity index is 2.93. The lowest BCUT2D eigenvalue weighted by molar-refractivity contribution is 1.11. The molecule has 0 radical (unpaired) electrons. The second kappa shape index (κ2) is 2.14. The van der Waals surface area contributed by atoms with E-state index in [1.807, 2.05) is 6.07 Å². The molecule has 0 amide bonds. The molecule has 44 valence electrons. The average molecular weight is 119 g/mol. The standard InChI is InChI=1S/C6H5N3/c1-6(4-7)9-3-2-8-5-9/h2-3,5H,1H2. The molecule has 1 aromatic rings. The molecule has 3 nitrogen and oxygen atoms in total. The number of nitriles is 1. The summed E-state index contributed by atoms with van der Waals surface area (Å²) >= 11 is 0. The van der Waals surface area contributed by atoms with Gasteiger partial charge in [0.25, 0.3) is 0 Å². The molecule has 0 N–H and O–H groups in total. The summed E-state index contributed by atoms with van der Waals surface area (Å²) in [5.74, 6) is 0. The van der Waals surface area contributed by atoms with Crippen molar-refractivity contribution >= 4 is 5.70 Å². The van der Waals surface area contributed by atoms with Crippen LogP contribution < -0.4 is 0 Å². The molecule has 0 aliphatic carbocycles. The Morgan fingerprint density at radius 3 is 3.00 bits per heavy atom. The van der Waals surface area contributed by atoms with Gasteiger partial charge < -0.3 is 0 Å². The summed E-state index contributed by atoms with van der Waals surface area (Å²) in [4.78, 5) is 3.74.